The van der Waals surface area contributed by atoms with Gasteiger partial charge in [0.15, 0.2) is 0 Å². The molecule has 0 saturated carbocycles. The Bertz CT molecular complexity index is 576. The normalized spacial score (nSPS) is 19.1. The average Bonchev–Trinajstić information content (AvgIpc) is 2.73. The molecule has 0 atom stereocenters. The van der Waals surface area contributed by atoms with Crippen molar-refractivity contribution in [2.75, 3.05) is 52.4 Å². The summed E-state index contributed by atoms with van der Waals surface area (Å²) >= 11 is 0. The summed E-state index contributed by atoms with van der Waals surface area (Å²) in [6.45, 7) is 10.9. The van der Waals surface area contributed by atoms with Crippen LogP contribution in [0.2, 0.25) is 0 Å². The Morgan fingerprint density at radius 3 is 1.46 bits per heavy atom. The summed E-state index contributed by atoms with van der Waals surface area (Å²) in [5.41, 5.74) is 2.82. The first-order chi connectivity index (χ1) is 13.9. The van der Waals surface area contributed by atoms with E-state index in [0.29, 0.717) is 0 Å². The lowest BCUT2D eigenvalue weighted by Crippen LogP contribution is -2.38. The highest BCUT2D eigenvalue weighted by Gasteiger charge is 2.10. The lowest BCUT2D eigenvalue weighted by molar-refractivity contribution is 0.215. The zero-order chi connectivity index (χ0) is 19.3. The maximum atomic E-state index is 3.60. The summed E-state index contributed by atoms with van der Waals surface area (Å²) in [6.07, 6.45) is 2.40. The first-order valence-corrected chi connectivity index (χ1v) is 10.8. The van der Waals surface area contributed by atoms with Crippen molar-refractivity contribution in [3.05, 3.63) is 71.8 Å². The average molecular weight is 381 g/mol. The molecule has 0 amide bonds. The molecule has 0 unspecified atom stereocenters. The molecule has 1 saturated heterocycles. The van der Waals surface area contributed by atoms with Crippen LogP contribution in [-0.4, -0.2) is 62.2 Å². The summed E-state index contributed by atoms with van der Waals surface area (Å²) in [6, 6.07) is 21.8. The smallest absolute Gasteiger partial charge is 0.0234 e. The Morgan fingerprint density at radius 1 is 0.536 bits per heavy atom. The van der Waals surface area contributed by atoms with Gasteiger partial charge in [0.25, 0.3) is 0 Å². The lowest BCUT2D eigenvalue weighted by atomic mass is 10.2. The van der Waals surface area contributed by atoms with Crippen molar-refractivity contribution in [3.8, 4) is 0 Å². The second kappa shape index (κ2) is 12.7. The van der Waals surface area contributed by atoms with Crippen LogP contribution in [0.25, 0.3) is 0 Å². The van der Waals surface area contributed by atoms with Gasteiger partial charge in [0.2, 0.25) is 0 Å². The minimum Gasteiger partial charge on any atom is -0.315 e. The van der Waals surface area contributed by atoms with Crippen molar-refractivity contribution in [1.29, 1.82) is 0 Å². The van der Waals surface area contributed by atoms with Gasteiger partial charge in [0.1, 0.15) is 0 Å². The highest BCUT2D eigenvalue weighted by molar-refractivity contribution is 5.15. The molecule has 28 heavy (non-hydrogen) atoms. The van der Waals surface area contributed by atoms with E-state index in [-0.39, 0.29) is 0 Å². The predicted molar refractivity (Wildman–Crippen MR) is 118 cm³/mol. The Morgan fingerprint density at radius 2 is 1.00 bits per heavy atom. The Balaban J connectivity index is 1.56. The van der Waals surface area contributed by atoms with Crippen LogP contribution in [0.3, 0.4) is 0 Å². The summed E-state index contributed by atoms with van der Waals surface area (Å²) in [5, 5.41) is 7.21. The molecular formula is C24H36N4. The minimum absolute atomic E-state index is 1.04. The Hall–Kier alpha value is -1.72. The highest BCUT2D eigenvalue weighted by atomic mass is 15.2. The van der Waals surface area contributed by atoms with Crippen molar-refractivity contribution in [2.24, 2.45) is 0 Å². The van der Waals surface area contributed by atoms with Crippen LogP contribution in [0.1, 0.15) is 24.0 Å². The van der Waals surface area contributed by atoms with Crippen molar-refractivity contribution in [3.63, 3.8) is 0 Å². The molecule has 152 valence electrons. The maximum absolute atomic E-state index is 3.60. The zero-order valence-electron chi connectivity index (χ0n) is 17.2. The van der Waals surface area contributed by atoms with E-state index in [0.717, 1.165) is 65.4 Å². The number of nitrogens with one attached hydrogen (secondary N) is 2. The molecule has 4 heteroatoms. The monoisotopic (exact) mass is 380 g/mol. The third-order valence-electron chi connectivity index (χ3n) is 5.36. The quantitative estimate of drug-likeness (QED) is 0.854. The van der Waals surface area contributed by atoms with E-state index in [2.05, 4.69) is 81.1 Å². The first-order valence-electron chi connectivity index (χ1n) is 10.8. The summed E-state index contributed by atoms with van der Waals surface area (Å²) in [7, 11) is 0. The van der Waals surface area contributed by atoms with E-state index in [1.54, 1.807) is 0 Å². The SMILES string of the molecule is c1ccc(CN2CCCN(Cc3ccccc3)CCNCCCNCC2)cc1. The van der Waals surface area contributed by atoms with Gasteiger partial charge in [0, 0.05) is 39.3 Å². The van der Waals surface area contributed by atoms with Gasteiger partial charge in [-0.2, -0.15) is 0 Å². The number of hydrogen-bond donors (Lipinski definition) is 2. The van der Waals surface area contributed by atoms with Gasteiger partial charge in [0.05, 0.1) is 0 Å². The standard InChI is InChI=1S/C24H36N4/c1-3-9-23(10-4-1)21-27-17-8-18-28(22-24-11-5-2-6-12-24)20-16-26-14-7-13-25-15-19-27/h1-6,9-12,25-26H,7-8,13-22H2. The summed E-state index contributed by atoms with van der Waals surface area (Å²) < 4.78 is 0. The molecule has 1 heterocycles. The number of benzene rings is 2. The van der Waals surface area contributed by atoms with Crippen LogP contribution >= 0.6 is 0 Å². The molecule has 0 bridgehead atoms. The van der Waals surface area contributed by atoms with Gasteiger partial charge in [-0.05, 0) is 50.1 Å². The molecule has 1 aliphatic heterocycles. The number of rotatable bonds is 4. The third kappa shape index (κ3) is 8.11. The molecule has 2 N–H and O–H groups in total. The predicted octanol–water partition coefficient (Wildman–Crippen LogP) is 2.96. The minimum atomic E-state index is 1.04. The van der Waals surface area contributed by atoms with Gasteiger partial charge in [-0.3, -0.25) is 9.80 Å². The maximum Gasteiger partial charge on any atom is 0.0234 e. The van der Waals surface area contributed by atoms with Crippen molar-refractivity contribution < 1.29 is 0 Å². The van der Waals surface area contributed by atoms with E-state index < -0.39 is 0 Å². The molecule has 1 aliphatic rings. The molecule has 2 aromatic carbocycles. The van der Waals surface area contributed by atoms with Gasteiger partial charge >= 0.3 is 0 Å². The molecular weight excluding hydrogens is 344 g/mol. The van der Waals surface area contributed by atoms with Crippen LogP contribution in [0.5, 0.6) is 0 Å². The summed E-state index contributed by atoms with van der Waals surface area (Å²) in [5.74, 6) is 0. The first kappa shape index (κ1) is 21.0. The number of nitrogens with zero attached hydrogens (tertiary/aromatic N) is 2. The van der Waals surface area contributed by atoms with Gasteiger partial charge in [-0.25, -0.2) is 0 Å². The van der Waals surface area contributed by atoms with Crippen LogP contribution in [0.4, 0.5) is 0 Å². The molecule has 1 fully saturated rings. The van der Waals surface area contributed by atoms with Gasteiger partial charge < -0.3 is 10.6 Å². The largest absolute Gasteiger partial charge is 0.315 e. The molecule has 0 spiro atoms. The molecule has 0 radical (unpaired) electrons. The second-order valence-electron chi connectivity index (χ2n) is 7.73. The lowest BCUT2D eigenvalue weighted by Gasteiger charge is -2.27. The van der Waals surface area contributed by atoms with Crippen molar-refractivity contribution in [1.82, 2.24) is 20.4 Å². The molecule has 4 nitrogen and oxygen atoms in total. The molecule has 0 aromatic heterocycles. The van der Waals surface area contributed by atoms with Crippen LogP contribution in [0, 0.1) is 0 Å². The van der Waals surface area contributed by atoms with E-state index in [1.165, 1.54) is 24.0 Å². The van der Waals surface area contributed by atoms with E-state index in [4.69, 9.17) is 0 Å². The fourth-order valence-electron chi connectivity index (χ4n) is 3.80. The van der Waals surface area contributed by atoms with E-state index in [9.17, 15) is 0 Å². The summed E-state index contributed by atoms with van der Waals surface area (Å²) in [4.78, 5) is 5.21. The van der Waals surface area contributed by atoms with Crippen molar-refractivity contribution in [2.45, 2.75) is 25.9 Å². The molecule has 3 rings (SSSR count). The van der Waals surface area contributed by atoms with Gasteiger partial charge in [-0.1, -0.05) is 60.7 Å². The fraction of sp³-hybridized carbons (Fsp3) is 0.500. The van der Waals surface area contributed by atoms with Crippen molar-refractivity contribution >= 4 is 0 Å². The third-order valence-corrected chi connectivity index (χ3v) is 5.36. The number of hydrogen-bond acceptors (Lipinski definition) is 4. The second-order valence-corrected chi connectivity index (χ2v) is 7.73. The molecule has 2 aromatic rings. The van der Waals surface area contributed by atoms with E-state index in [1.807, 2.05) is 0 Å². The Kier molecular flexibility index (Phi) is 9.51. The fourth-order valence-corrected chi connectivity index (χ4v) is 3.80. The highest BCUT2D eigenvalue weighted by Crippen LogP contribution is 2.08. The van der Waals surface area contributed by atoms with Crippen LogP contribution in [-0.2, 0) is 13.1 Å². The molecule has 0 aliphatic carbocycles. The topological polar surface area (TPSA) is 30.5 Å². The van der Waals surface area contributed by atoms with Gasteiger partial charge in [-0.15, -0.1) is 0 Å². The Labute approximate surface area is 170 Å². The van der Waals surface area contributed by atoms with Crippen LogP contribution in [0.15, 0.2) is 60.7 Å². The zero-order valence-corrected chi connectivity index (χ0v) is 17.2. The van der Waals surface area contributed by atoms with E-state index >= 15 is 0 Å². The van der Waals surface area contributed by atoms with Crippen LogP contribution < -0.4 is 10.6 Å².